The van der Waals surface area contributed by atoms with Crippen LogP contribution in [0.1, 0.15) is 12.8 Å². The summed E-state index contributed by atoms with van der Waals surface area (Å²) in [7, 11) is 0. The summed E-state index contributed by atoms with van der Waals surface area (Å²) < 4.78 is 0. The van der Waals surface area contributed by atoms with E-state index in [4.69, 9.17) is 11.6 Å². The molecule has 0 bridgehead atoms. The average Bonchev–Trinajstić information content (AvgIpc) is 2.78. The van der Waals surface area contributed by atoms with Crippen molar-refractivity contribution in [2.45, 2.75) is 23.0 Å². The van der Waals surface area contributed by atoms with E-state index in [2.05, 4.69) is 12.1 Å². The van der Waals surface area contributed by atoms with Crippen LogP contribution in [0, 0.1) is 0 Å². The van der Waals surface area contributed by atoms with Crippen molar-refractivity contribution < 1.29 is 0 Å². The molecule has 2 heteroatoms. The topological polar surface area (TPSA) is 0 Å². The van der Waals surface area contributed by atoms with Crippen LogP contribution in [-0.4, -0.2) is 5.25 Å². The number of benzene rings is 1. The summed E-state index contributed by atoms with van der Waals surface area (Å²) in [5, 5.41) is 1.71. The molecule has 0 unspecified atom stereocenters. The lowest BCUT2D eigenvalue weighted by Crippen LogP contribution is -1.73. The third-order valence-corrected chi connectivity index (χ3v) is 3.24. The highest BCUT2D eigenvalue weighted by Crippen LogP contribution is 2.39. The van der Waals surface area contributed by atoms with E-state index in [-0.39, 0.29) is 0 Å². The molecule has 0 N–H and O–H groups in total. The Morgan fingerprint density at radius 1 is 1.18 bits per heavy atom. The third-order valence-electron chi connectivity index (χ3n) is 1.64. The smallest absolute Gasteiger partial charge is 0.0406 e. The van der Waals surface area contributed by atoms with Gasteiger partial charge in [-0.1, -0.05) is 11.6 Å². The minimum atomic E-state index is 0.824. The molecule has 0 heterocycles. The molecule has 1 aliphatic rings. The Morgan fingerprint density at radius 3 is 2.36 bits per heavy atom. The molecule has 1 aromatic rings. The second kappa shape index (κ2) is 3.08. The Hall–Kier alpha value is -0.140. The number of thioether (sulfide) groups is 1. The van der Waals surface area contributed by atoms with Gasteiger partial charge < -0.3 is 0 Å². The first-order valence-corrected chi connectivity index (χ1v) is 5.02. The lowest BCUT2D eigenvalue weighted by molar-refractivity contribution is 1.42. The molecule has 2 rings (SSSR count). The summed E-state index contributed by atoms with van der Waals surface area (Å²) in [5.74, 6) is 0. The SMILES string of the molecule is Clc1ccc(SC2CC2)cc1. The van der Waals surface area contributed by atoms with Crippen LogP contribution >= 0.6 is 23.4 Å². The van der Waals surface area contributed by atoms with E-state index in [1.807, 2.05) is 23.9 Å². The molecule has 58 valence electrons. The van der Waals surface area contributed by atoms with Gasteiger partial charge in [-0.2, -0.15) is 0 Å². The van der Waals surface area contributed by atoms with E-state index in [1.54, 1.807) is 0 Å². The van der Waals surface area contributed by atoms with Crippen molar-refractivity contribution in [2.24, 2.45) is 0 Å². The number of hydrogen-bond donors (Lipinski definition) is 0. The van der Waals surface area contributed by atoms with Crippen molar-refractivity contribution in [3.63, 3.8) is 0 Å². The zero-order valence-electron chi connectivity index (χ0n) is 6.09. The van der Waals surface area contributed by atoms with Gasteiger partial charge in [0.25, 0.3) is 0 Å². The van der Waals surface area contributed by atoms with Gasteiger partial charge in [0.05, 0.1) is 0 Å². The zero-order chi connectivity index (χ0) is 7.68. The van der Waals surface area contributed by atoms with E-state index in [1.165, 1.54) is 17.7 Å². The monoisotopic (exact) mass is 184 g/mol. The maximum atomic E-state index is 5.75. The Labute approximate surface area is 75.9 Å². The molecule has 0 spiro atoms. The number of hydrogen-bond acceptors (Lipinski definition) is 1. The largest absolute Gasteiger partial charge is 0.123 e. The van der Waals surface area contributed by atoms with Crippen molar-refractivity contribution in [2.75, 3.05) is 0 Å². The van der Waals surface area contributed by atoms with Crippen LogP contribution in [0.25, 0.3) is 0 Å². The Bertz CT molecular complexity index is 238. The van der Waals surface area contributed by atoms with Gasteiger partial charge in [-0.15, -0.1) is 11.8 Å². The van der Waals surface area contributed by atoms with Gasteiger partial charge in [0.15, 0.2) is 0 Å². The van der Waals surface area contributed by atoms with Gasteiger partial charge in [-0.05, 0) is 37.1 Å². The van der Waals surface area contributed by atoms with Crippen molar-refractivity contribution in [1.29, 1.82) is 0 Å². The van der Waals surface area contributed by atoms with Crippen molar-refractivity contribution in [3.8, 4) is 0 Å². The average molecular weight is 185 g/mol. The molecule has 0 aliphatic heterocycles. The molecular weight excluding hydrogens is 176 g/mol. The predicted molar refractivity (Wildman–Crippen MR) is 50.3 cm³/mol. The predicted octanol–water partition coefficient (Wildman–Crippen LogP) is 3.59. The summed E-state index contributed by atoms with van der Waals surface area (Å²) in [5.41, 5.74) is 0. The summed E-state index contributed by atoms with van der Waals surface area (Å²) in [4.78, 5) is 1.34. The van der Waals surface area contributed by atoms with Crippen LogP contribution in [0.15, 0.2) is 29.2 Å². The minimum Gasteiger partial charge on any atom is -0.123 e. The third kappa shape index (κ3) is 2.14. The summed E-state index contributed by atoms with van der Waals surface area (Å²) >= 11 is 7.71. The molecule has 0 radical (unpaired) electrons. The molecular formula is C9H9ClS. The van der Waals surface area contributed by atoms with E-state index in [9.17, 15) is 0 Å². The first-order chi connectivity index (χ1) is 5.34. The van der Waals surface area contributed by atoms with Crippen molar-refractivity contribution in [3.05, 3.63) is 29.3 Å². The molecule has 11 heavy (non-hydrogen) atoms. The summed E-state index contributed by atoms with van der Waals surface area (Å²) in [6.45, 7) is 0. The van der Waals surface area contributed by atoms with E-state index in [0.717, 1.165) is 10.3 Å². The highest BCUT2D eigenvalue weighted by atomic mass is 35.5. The summed E-state index contributed by atoms with van der Waals surface area (Å²) in [6.07, 6.45) is 2.76. The molecule has 1 aliphatic carbocycles. The minimum absolute atomic E-state index is 0.824. The van der Waals surface area contributed by atoms with Crippen LogP contribution in [0.2, 0.25) is 5.02 Å². The molecule has 0 nitrogen and oxygen atoms in total. The van der Waals surface area contributed by atoms with Crippen LogP contribution in [-0.2, 0) is 0 Å². The highest BCUT2D eigenvalue weighted by molar-refractivity contribution is 8.00. The fourth-order valence-electron chi connectivity index (χ4n) is 0.892. The van der Waals surface area contributed by atoms with Gasteiger partial charge in [-0.3, -0.25) is 0 Å². The van der Waals surface area contributed by atoms with Crippen LogP contribution in [0.3, 0.4) is 0 Å². The van der Waals surface area contributed by atoms with Gasteiger partial charge >= 0.3 is 0 Å². The lowest BCUT2D eigenvalue weighted by atomic mass is 10.4. The van der Waals surface area contributed by atoms with Gasteiger partial charge in [0.1, 0.15) is 0 Å². The van der Waals surface area contributed by atoms with Crippen molar-refractivity contribution >= 4 is 23.4 Å². The van der Waals surface area contributed by atoms with Crippen LogP contribution < -0.4 is 0 Å². The molecule has 0 aromatic heterocycles. The molecule has 1 fully saturated rings. The fourth-order valence-corrected chi connectivity index (χ4v) is 2.07. The number of rotatable bonds is 2. The zero-order valence-corrected chi connectivity index (χ0v) is 7.66. The highest BCUT2D eigenvalue weighted by Gasteiger charge is 2.22. The summed E-state index contributed by atoms with van der Waals surface area (Å²) in [6, 6.07) is 8.08. The van der Waals surface area contributed by atoms with Crippen LogP contribution in [0.5, 0.6) is 0 Å². The Morgan fingerprint density at radius 2 is 1.82 bits per heavy atom. The lowest BCUT2D eigenvalue weighted by Gasteiger charge is -1.97. The second-order valence-corrected chi connectivity index (χ2v) is 4.58. The van der Waals surface area contributed by atoms with Gasteiger partial charge in [0, 0.05) is 15.2 Å². The first-order valence-electron chi connectivity index (χ1n) is 3.77. The maximum Gasteiger partial charge on any atom is 0.0406 e. The normalized spacial score (nSPS) is 16.8. The van der Waals surface area contributed by atoms with Crippen molar-refractivity contribution in [1.82, 2.24) is 0 Å². The second-order valence-electron chi connectivity index (χ2n) is 2.77. The molecule has 0 atom stereocenters. The maximum absolute atomic E-state index is 5.75. The fraction of sp³-hybridized carbons (Fsp3) is 0.333. The molecule has 0 saturated heterocycles. The van der Waals surface area contributed by atoms with Gasteiger partial charge in [-0.25, -0.2) is 0 Å². The Balaban J connectivity index is 2.06. The standard InChI is InChI=1S/C9H9ClS/c10-7-1-3-8(4-2-7)11-9-5-6-9/h1-4,9H,5-6H2. The van der Waals surface area contributed by atoms with E-state index >= 15 is 0 Å². The molecule has 1 saturated carbocycles. The van der Waals surface area contributed by atoms with E-state index in [0.29, 0.717) is 0 Å². The van der Waals surface area contributed by atoms with E-state index < -0.39 is 0 Å². The molecule has 1 aromatic carbocycles. The number of halogens is 1. The van der Waals surface area contributed by atoms with Crippen LogP contribution in [0.4, 0.5) is 0 Å². The van der Waals surface area contributed by atoms with Gasteiger partial charge in [0.2, 0.25) is 0 Å². The first kappa shape index (κ1) is 7.51. The molecule has 0 amide bonds. The quantitative estimate of drug-likeness (QED) is 0.677. The Kier molecular flexibility index (Phi) is 2.10.